The molecule has 0 spiro atoms. The van der Waals surface area contributed by atoms with Crippen molar-refractivity contribution in [2.45, 2.75) is 6.18 Å². The second kappa shape index (κ2) is 4.93. The first-order chi connectivity index (χ1) is 9.70. The Morgan fingerprint density at radius 3 is 2.19 bits per heavy atom. The van der Waals surface area contributed by atoms with Crippen LogP contribution in [0.25, 0.3) is 5.69 Å². The van der Waals surface area contributed by atoms with Gasteiger partial charge in [-0.2, -0.15) is 13.2 Å². The molecule has 1 aromatic carbocycles. The van der Waals surface area contributed by atoms with Crippen molar-refractivity contribution in [1.82, 2.24) is 9.55 Å². The first kappa shape index (κ1) is 14.6. The van der Waals surface area contributed by atoms with Crippen molar-refractivity contribution in [2.24, 2.45) is 0 Å². The van der Waals surface area contributed by atoms with Crippen LogP contribution in [0.2, 0.25) is 0 Å². The molecule has 2 rings (SSSR count). The molecule has 0 saturated heterocycles. The van der Waals surface area contributed by atoms with Crippen molar-refractivity contribution in [3.05, 3.63) is 62.4 Å². The lowest BCUT2D eigenvalue weighted by molar-refractivity contribution is -0.137. The van der Waals surface area contributed by atoms with Crippen LogP contribution >= 0.6 is 0 Å². The van der Waals surface area contributed by atoms with E-state index in [4.69, 9.17) is 5.11 Å². The number of H-pyrrole nitrogens is 1. The predicted molar refractivity (Wildman–Crippen MR) is 64.6 cm³/mol. The van der Waals surface area contributed by atoms with Crippen LogP contribution in [0, 0.1) is 0 Å². The van der Waals surface area contributed by atoms with E-state index in [1.165, 1.54) is 0 Å². The standard InChI is InChI=1S/C12H7F3N2O4/c13-12(14,15)6-1-3-7(4-2-6)17-5-8(10(19)20)9(18)16-11(17)21/h1-5H,(H,19,20)(H,16,18,21). The number of benzene rings is 1. The molecule has 1 heterocycles. The molecule has 0 atom stereocenters. The molecule has 9 heteroatoms. The predicted octanol–water partition coefficient (Wildman–Crippen LogP) is 1.24. The number of halogens is 3. The number of rotatable bonds is 2. The topological polar surface area (TPSA) is 92.2 Å². The van der Waals surface area contributed by atoms with Gasteiger partial charge in [-0.25, -0.2) is 9.59 Å². The maximum Gasteiger partial charge on any atom is 0.416 e. The number of nitrogens with one attached hydrogen (secondary N) is 1. The summed E-state index contributed by atoms with van der Waals surface area (Å²) in [6.45, 7) is 0. The normalized spacial score (nSPS) is 11.4. The number of alkyl halides is 3. The van der Waals surface area contributed by atoms with Crippen molar-refractivity contribution >= 4 is 5.97 Å². The monoisotopic (exact) mass is 300 g/mol. The van der Waals surface area contributed by atoms with Crippen molar-refractivity contribution < 1.29 is 23.1 Å². The molecule has 0 aliphatic heterocycles. The van der Waals surface area contributed by atoms with E-state index < -0.39 is 34.5 Å². The highest BCUT2D eigenvalue weighted by atomic mass is 19.4. The summed E-state index contributed by atoms with van der Waals surface area (Å²) >= 11 is 0. The van der Waals surface area contributed by atoms with Gasteiger partial charge in [0.25, 0.3) is 5.56 Å². The van der Waals surface area contributed by atoms with Crippen LogP contribution in [0.4, 0.5) is 13.2 Å². The SMILES string of the molecule is O=C(O)c1cn(-c2ccc(C(F)(F)F)cc2)c(=O)[nH]c1=O. The molecule has 0 unspecified atom stereocenters. The van der Waals surface area contributed by atoms with Crippen molar-refractivity contribution in [3.63, 3.8) is 0 Å². The van der Waals surface area contributed by atoms with Crippen LogP contribution in [0.15, 0.2) is 40.1 Å². The van der Waals surface area contributed by atoms with Crippen LogP contribution in [-0.2, 0) is 6.18 Å². The maximum atomic E-state index is 12.4. The molecule has 0 aliphatic rings. The Bertz CT molecular complexity index is 803. The highest BCUT2D eigenvalue weighted by Crippen LogP contribution is 2.29. The minimum Gasteiger partial charge on any atom is -0.477 e. The third-order valence-electron chi connectivity index (χ3n) is 2.65. The van der Waals surface area contributed by atoms with E-state index in [2.05, 4.69) is 0 Å². The van der Waals surface area contributed by atoms with E-state index in [-0.39, 0.29) is 5.69 Å². The molecule has 0 aliphatic carbocycles. The molecule has 110 valence electrons. The molecule has 0 fully saturated rings. The molecule has 0 bridgehead atoms. The van der Waals surface area contributed by atoms with E-state index in [0.717, 1.165) is 35.0 Å². The zero-order valence-corrected chi connectivity index (χ0v) is 10.1. The molecule has 0 radical (unpaired) electrons. The van der Waals surface area contributed by atoms with Gasteiger partial charge in [-0.15, -0.1) is 0 Å². The summed E-state index contributed by atoms with van der Waals surface area (Å²) in [5, 5.41) is 8.79. The summed E-state index contributed by atoms with van der Waals surface area (Å²) in [5.74, 6) is -1.56. The second-order valence-corrected chi connectivity index (χ2v) is 4.02. The van der Waals surface area contributed by atoms with Gasteiger partial charge in [0.05, 0.1) is 11.3 Å². The molecular weight excluding hydrogens is 293 g/mol. The highest BCUT2D eigenvalue weighted by Gasteiger charge is 2.30. The van der Waals surface area contributed by atoms with Gasteiger partial charge in [0.15, 0.2) is 0 Å². The lowest BCUT2D eigenvalue weighted by Crippen LogP contribution is -2.32. The quantitative estimate of drug-likeness (QED) is 0.873. The van der Waals surface area contributed by atoms with Gasteiger partial charge in [-0.3, -0.25) is 14.3 Å². The first-order valence-corrected chi connectivity index (χ1v) is 5.47. The fraction of sp³-hybridized carbons (Fsp3) is 0.0833. The number of aromatic amines is 1. The molecule has 2 N–H and O–H groups in total. The number of hydrogen-bond acceptors (Lipinski definition) is 3. The average molecular weight is 300 g/mol. The van der Waals surface area contributed by atoms with E-state index >= 15 is 0 Å². The summed E-state index contributed by atoms with van der Waals surface area (Å²) in [5.41, 5.74) is -3.66. The van der Waals surface area contributed by atoms with Crippen molar-refractivity contribution in [3.8, 4) is 5.69 Å². The Hall–Kier alpha value is -2.84. The largest absolute Gasteiger partial charge is 0.477 e. The lowest BCUT2D eigenvalue weighted by atomic mass is 10.2. The molecule has 2 aromatic rings. The summed E-state index contributed by atoms with van der Waals surface area (Å²) in [6.07, 6.45) is -3.77. The summed E-state index contributed by atoms with van der Waals surface area (Å²) < 4.78 is 38.0. The Kier molecular flexibility index (Phi) is 3.42. The van der Waals surface area contributed by atoms with E-state index in [9.17, 15) is 27.6 Å². The molecule has 0 amide bonds. The van der Waals surface area contributed by atoms with Crippen LogP contribution in [0.5, 0.6) is 0 Å². The third kappa shape index (κ3) is 2.86. The van der Waals surface area contributed by atoms with Gasteiger partial charge in [0.2, 0.25) is 0 Å². The molecular formula is C12H7F3N2O4. The number of carboxylic acids is 1. The molecule has 1 aromatic heterocycles. The smallest absolute Gasteiger partial charge is 0.416 e. The van der Waals surface area contributed by atoms with E-state index in [0.29, 0.717) is 0 Å². The van der Waals surface area contributed by atoms with Gasteiger partial charge in [0, 0.05) is 6.20 Å². The van der Waals surface area contributed by atoms with Crippen molar-refractivity contribution in [2.75, 3.05) is 0 Å². The Morgan fingerprint density at radius 2 is 1.71 bits per heavy atom. The fourth-order valence-corrected chi connectivity index (χ4v) is 1.63. The second-order valence-electron chi connectivity index (χ2n) is 4.02. The Morgan fingerprint density at radius 1 is 1.14 bits per heavy atom. The van der Waals surface area contributed by atoms with E-state index in [1.54, 1.807) is 4.98 Å². The Balaban J connectivity index is 2.57. The lowest BCUT2D eigenvalue weighted by Gasteiger charge is -2.09. The zero-order valence-electron chi connectivity index (χ0n) is 10.1. The minimum absolute atomic E-state index is 0.00764. The summed E-state index contributed by atoms with van der Waals surface area (Å²) in [7, 11) is 0. The summed E-state index contributed by atoms with van der Waals surface area (Å²) in [4.78, 5) is 35.4. The molecule has 0 saturated carbocycles. The Labute approximate surface area is 114 Å². The average Bonchev–Trinajstić information content (AvgIpc) is 2.37. The van der Waals surface area contributed by atoms with E-state index in [1.807, 2.05) is 0 Å². The summed E-state index contributed by atoms with van der Waals surface area (Å²) in [6, 6.07) is 3.48. The van der Waals surface area contributed by atoms with Crippen LogP contribution in [-0.4, -0.2) is 20.6 Å². The van der Waals surface area contributed by atoms with Crippen LogP contribution < -0.4 is 11.2 Å². The molecule has 6 nitrogen and oxygen atoms in total. The van der Waals surface area contributed by atoms with Crippen LogP contribution in [0.3, 0.4) is 0 Å². The number of aromatic carboxylic acids is 1. The maximum absolute atomic E-state index is 12.4. The number of nitrogens with zero attached hydrogens (tertiary/aromatic N) is 1. The van der Waals surface area contributed by atoms with Gasteiger partial charge in [0.1, 0.15) is 5.56 Å². The minimum atomic E-state index is -4.53. The van der Waals surface area contributed by atoms with Gasteiger partial charge < -0.3 is 5.11 Å². The highest BCUT2D eigenvalue weighted by molar-refractivity contribution is 5.86. The third-order valence-corrected chi connectivity index (χ3v) is 2.65. The molecule has 21 heavy (non-hydrogen) atoms. The first-order valence-electron chi connectivity index (χ1n) is 5.47. The van der Waals surface area contributed by atoms with Gasteiger partial charge in [-0.1, -0.05) is 0 Å². The van der Waals surface area contributed by atoms with Crippen molar-refractivity contribution in [1.29, 1.82) is 0 Å². The van der Waals surface area contributed by atoms with Gasteiger partial charge in [-0.05, 0) is 24.3 Å². The van der Waals surface area contributed by atoms with Gasteiger partial charge >= 0.3 is 17.8 Å². The number of carbonyl (C=O) groups is 1. The number of carboxylic acid groups (broad SMARTS) is 1. The number of aromatic nitrogens is 2. The zero-order chi connectivity index (χ0) is 15.8. The fourth-order valence-electron chi connectivity index (χ4n) is 1.63. The van der Waals surface area contributed by atoms with Crippen LogP contribution in [0.1, 0.15) is 15.9 Å². The number of hydrogen-bond donors (Lipinski definition) is 2.